The van der Waals surface area contributed by atoms with E-state index in [1.165, 1.54) is 19.2 Å². The predicted octanol–water partition coefficient (Wildman–Crippen LogP) is 1.97. The molecule has 5 nitrogen and oxygen atoms in total. The van der Waals surface area contributed by atoms with Crippen LogP contribution < -0.4 is 0 Å². The highest BCUT2D eigenvalue weighted by Gasteiger charge is 2.13. The summed E-state index contributed by atoms with van der Waals surface area (Å²) in [6.07, 6.45) is 0.395. The highest BCUT2D eigenvalue weighted by molar-refractivity contribution is 5.89. The van der Waals surface area contributed by atoms with Crippen molar-refractivity contribution in [1.82, 2.24) is 4.90 Å². The van der Waals surface area contributed by atoms with Gasteiger partial charge < -0.3 is 9.47 Å². The molecule has 0 saturated carbocycles. The van der Waals surface area contributed by atoms with Gasteiger partial charge in [-0.15, -0.1) is 0 Å². The maximum atomic E-state index is 13.8. The van der Waals surface area contributed by atoms with Crippen LogP contribution in [-0.4, -0.2) is 44.8 Å². The molecule has 0 bridgehead atoms. The van der Waals surface area contributed by atoms with Crippen molar-refractivity contribution in [3.63, 3.8) is 0 Å². The molecule has 6 heteroatoms. The van der Waals surface area contributed by atoms with E-state index in [9.17, 15) is 9.18 Å². The Hall–Kier alpha value is -1.97. The van der Waals surface area contributed by atoms with Gasteiger partial charge in [0.2, 0.25) is 0 Å². The third-order valence-electron chi connectivity index (χ3n) is 3.00. The average molecular weight is 294 g/mol. The Kier molecular flexibility index (Phi) is 7.37. The van der Waals surface area contributed by atoms with Crippen LogP contribution in [-0.2, 0) is 16.0 Å². The first-order valence-electron chi connectivity index (χ1n) is 6.57. The van der Waals surface area contributed by atoms with Crippen LogP contribution in [0.25, 0.3) is 0 Å². The molecule has 114 valence electrons. The summed E-state index contributed by atoms with van der Waals surface area (Å²) in [6.45, 7) is 2.26. The third kappa shape index (κ3) is 5.50. The molecule has 1 aromatic carbocycles. The second kappa shape index (κ2) is 9.06. The summed E-state index contributed by atoms with van der Waals surface area (Å²) in [6, 6.07) is 6.50. The minimum atomic E-state index is -0.695. The van der Waals surface area contributed by atoms with Crippen LogP contribution in [0.4, 0.5) is 4.39 Å². The van der Waals surface area contributed by atoms with Gasteiger partial charge in [0.1, 0.15) is 5.82 Å². The minimum Gasteiger partial charge on any atom is -0.465 e. The normalized spacial score (nSPS) is 10.4. The van der Waals surface area contributed by atoms with Gasteiger partial charge in [0, 0.05) is 33.2 Å². The lowest BCUT2D eigenvalue weighted by molar-refractivity contribution is 0.0595. The van der Waals surface area contributed by atoms with Crippen LogP contribution in [0.3, 0.4) is 0 Å². The van der Waals surface area contributed by atoms with E-state index in [0.29, 0.717) is 32.7 Å². The second-order valence-electron chi connectivity index (χ2n) is 4.48. The number of carbonyl (C=O) groups excluding carboxylic acids is 1. The second-order valence-corrected chi connectivity index (χ2v) is 4.48. The molecule has 0 N–H and O–H groups in total. The zero-order chi connectivity index (χ0) is 15.7. The van der Waals surface area contributed by atoms with Gasteiger partial charge in [-0.1, -0.05) is 6.07 Å². The summed E-state index contributed by atoms with van der Waals surface area (Å²) in [7, 11) is 2.82. The fourth-order valence-corrected chi connectivity index (χ4v) is 1.89. The largest absolute Gasteiger partial charge is 0.465 e. The summed E-state index contributed by atoms with van der Waals surface area (Å²) < 4.78 is 23.4. The number of halogens is 1. The zero-order valence-corrected chi connectivity index (χ0v) is 12.3. The van der Waals surface area contributed by atoms with Crippen molar-refractivity contribution in [2.45, 2.75) is 13.0 Å². The zero-order valence-electron chi connectivity index (χ0n) is 12.3. The molecule has 0 aliphatic heterocycles. The lowest BCUT2D eigenvalue weighted by atomic mass is 10.1. The van der Waals surface area contributed by atoms with Crippen LogP contribution in [0, 0.1) is 17.1 Å². The van der Waals surface area contributed by atoms with E-state index in [1.54, 1.807) is 13.2 Å². The van der Waals surface area contributed by atoms with E-state index in [4.69, 9.17) is 10.00 Å². The summed E-state index contributed by atoms with van der Waals surface area (Å²) in [5, 5.41) is 8.66. The van der Waals surface area contributed by atoms with Gasteiger partial charge in [0.15, 0.2) is 0 Å². The van der Waals surface area contributed by atoms with E-state index in [0.717, 1.165) is 5.56 Å². The van der Waals surface area contributed by atoms with Crippen molar-refractivity contribution in [2.24, 2.45) is 0 Å². The first-order valence-corrected chi connectivity index (χ1v) is 6.57. The van der Waals surface area contributed by atoms with E-state index >= 15 is 0 Å². The van der Waals surface area contributed by atoms with Crippen LogP contribution in [0.5, 0.6) is 0 Å². The third-order valence-corrected chi connectivity index (χ3v) is 3.00. The molecule has 0 fully saturated rings. The lowest BCUT2D eigenvalue weighted by Gasteiger charge is -2.21. The Morgan fingerprint density at radius 2 is 2.14 bits per heavy atom. The maximum absolute atomic E-state index is 13.8. The Bertz CT molecular complexity index is 514. The molecule has 0 aliphatic rings. The Balaban J connectivity index is 2.76. The fraction of sp³-hybridized carbons (Fsp3) is 0.467. The smallest absolute Gasteiger partial charge is 0.340 e. The number of hydrogen-bond acceptors (Lipinski definition) is 5. The Morgan fingerprint density at radius 1 is 1.38 bits per heavy atom. The predicted molar refractivity (Wildman–Crippen MR) is 75.1 cm³/mol. The number of rotatable bonds is 8. The molecule has 0 heterocycles. The molecule has 21 heavy (non-hydrogen) atoms. The topological polar surface area (TPSA) is 62.6 Å². The van der Waals surface area contributed by atoms with Crippen molar-refractivity contribution in [3.8, 4) is 6.07 Å². The number of ether oxygens (including phenoxy) is 2. The van der Waals surface area contributed by atoms with Gasteiger partial charge >= 0.3 is 5.97 Å². The lowest BCUT2D eigenvalue weighted by Crippen LogP contribution is -2.28. The Labute approximate surface area is 123 Å². The number of methoxy groups -OCH3 is 2. The quantitative estimate of drug-likeness (QED) is 0.686. The molecule has 0 unspecified atom stereocenters. The van der Waals surface area contributed by atoms with Crippen LogP contribution in [0.2, 0.25) is 0 Å². The van der Waals surface area contributed by atoms with Gasteiger partial charge in [-0.2, -0.15) is 5.26 Å². The molecule has 0 atom stereocenters. The van der Waals surface area contributed by atoms with Gasteiger partial charge in [-0.25, -0.2) is 9.18 Å². The summed E-state index contributed by atoms with van der Waals surface area (Å²) in [4.78, 5) is 13.3. The molecule has 1 rings (SSSR count). The Morgan fingerprint density at radius 3 is 2.71 bits per heavy atom. The van der Waals surface area contributed by atoms with Crippen LogP contribution in [0.1, 0.15) is 22.3 Å². The van der Waals surface area contributed by atoms with Crippen molar-refractivity contribution >= 4 is 5.97 Å². The van der Waals surface area contributed by atoms with Crippen molar-refractivity contribution in [2.75, 3.05) is 33.9 Å². The van der Waals surface area contributed by atoms with Crippen molar-refractivity contribution in [1.29, 1.82) is 5.26 Å². The highest BCUT2D eigenvalue weighted by Crippen LogP contribution is 2.13. The first-order chi connectivity index (χ1) is 10.1. The van der Waals surface area contributed by atoms with E-state index in [-0.39, 0.29) is 5.56 Å². The maximum Gasteiger partial charge on any atom is 0.340 e. The molecule has 0 aliphatic carbocycles. The van der Waals surface area contributed by atoms with Gasteiger partial charge in [-0.05, 0) is 17.7 Å². The fourth-order valence-electron chi connectivity index (χ4n) is 1.89. The van der Waals surface area contributed by atoms with Crippen LogP contribution >= 0.6 is 0 Å². The number of esters is 1. The number of nitriles is 1. The van der Waals surface area contributed by atoms with Crippen LogP contribution in [0.15, 0.2) is 18.2 Å². The number of carbonyl (C=O) groups is 1. The van der Waals surface area contributed by atoms with Crippen molar-refractivity contribution in [3.05, 3.63) is 35.1 Å². The number of benzene rings is 1. The van der Waals surface area contributed by atoms with E-state index in [2.05, 4.69) is 10.8 Å². The van der Waals surface area contributed by atoms with Gasteiger partial charge in [-0.3, -0.25) is 4.90 Å². The minimum absolute atomic E-state index is 0.0817. The van der Waals surface area contributed by atoms with Gasteiger partial charge in [0.25, 0.3) is 0 Å². The number of nitrogens with zero attached hydrogens (tertiary/aromatic N) is 2. The first kappa shape index (κ1) is 17.1. The molecular formula is C15H19FN2O3. The number of hydrogen-bond donors (Lipinski definition) is 0. The molecule has 0 spiro atoms. The summed E-state index contributed by atoms with van der Waals surface area (Å²) >= 11 is 0. The SMILES string of the molecule is COCCN(CCC#N)Cc1ccc(C(=O)OC)c(F)c1. The average Bonchev–Trinajstić information content (AvgIpc) is 2.49. The summed E-state index contributed by atoms with van der Waals surface area (Å²) in [5.41, 5.74) is 0.649. The van der Waals surface area contributed by atoms with E-state index < -0.39 is 11.8 Å². The highest BCUT2D eigenvalue weighted by atomic mass is 19.1. The molecular weight excluding hydrogens is 275 g/mol. The van der Waals surface area contributed by atoms with Gasteiger partial charge in [0.05, 0.1) is 25.3 Å². The molecule has 0 saturated heterocycles. The van der Waals surface area contributed by atoms with E-state index in [1.807, 2.05) is 4.90 Å². The van der Waals surface area contributed by atoms with Crippen molar-refractivity contribution < 1.29 is 18.7 Å². The molecule has 0 amide bonds. The monoisotopic (exact) mass is 294 g/mol. The standard InChI is InChI=1S/C15H19FN2O3/c1-20-9-8-18(7-3-6-17)11-12-4-5-13(14(16)10-12)15(19)21-2/h4-5,10H,3,7-9,11H2,1-2H3. The molecule has 0 radical (unpaired) electrons. The summed E-state index contributed by atoms with van der Waals surface area (Å²) in [5.74, 6) is -1.30. The molecule has 0 aromatic heterocycles. The molecule has 1 aromatic rings.